The van der Waals surface area contributed by atoms with Gasteiger partial charge in [0.25, 0.3) is 11.8 Å². The van der Waals surface area contributed by atoms with Gasteiger partial charge in [-0.3, -0.25) is 14.5 Å². The molecule has 2 aliphatic rings. The average molecular weight is 369 g/mol. The molecule has 2 amide bonds. The standard InChI is InChI=1S/C21H21ClN2O2/c22-15-5-3-4-14(12-15)21(13-23)10-8-16(9-11-21)24-19(25)17-6-1-2-7-18(17)20(24)26/h1-7,12,16H,8-11,13,23H2/t16-,21+. The van der Waals surface area contributed by atoms with Gasteiger partial charge in [-0.25, -0.2) is 0 Å². The summed E-state index contributed by atoms with van der Waals surface area (Å²) in [6.45, 7) is 0.530. The van der Waals surface area contributed by atoms with Crippen LogP contribution in [0.2, 0.25) is 5.02 Å². The van der Waals surface area contributed by atoms with Gasteiger partial charge in [0.15, 0.2) is 0 Å². The van der Waals surface area contributed by atoms with Crippen LogP contribution in [0.1, 0.15) is 52.0 Å². The number of halogens is 1. The Kier molecular flexibility index (Phi) is 4.33. The number of imide groups is 1. The summed E-state index contributed by atoms with van der Waals surface area (Å²) in [5.41, 5.74) is 8.19. The van der Waals surface area contributed by atoms with Gasteiger partial charge in [0.2, 0.25) is 0 Å². The summed E-state index contributed by atoms with van der Waals surface area (Å²) in [7, 11) is 0. The maximum absolute atomic E-state index is 12.7. The highest BCUT2D eigenvalue weighted by Gasteiger charge is 2.44. The van der Waals surface area contributed by atoms with Crippen molar-refractivity contribution in [3.63, 3.8) is 0 Å². The highest BCUT2D eigenvalue weighted by atomic mass is 35.5. The number of hydrogen-bond donors (Lipinski definition) is 1. The molecule has 1 aliphatic heterocycles. The zero-order valence-electron chi connectivity index (χ0n) is 14.5. The first kappa shape index (κ1) is 17.3. The summed E-state index contributed by atoms with van der Waals surface area (Å²) in [5.74, 6) is -0.336. The summed E-state index contributed by atoms with van der Waals surface area (Å²) in [4.78, 5) is 26.9. The van der Waals surface area contributed by atoms with Gasteiger partial charge in [-0.05, 0) is 55.5 Å². The molecule has 134 valence electrons. The molecule has 0 atom stereocenters. The second-order valence-electron chi connectivity index (χ2n) is 7.25. The van der Waals surface area contributed by atoms with Crippen molar-refractivity contribution >= 4 is 23.4 Å². The minimum Gasteiger partial charge on any atom is -0.330 e. The number of amides is 2. The third-order valence-electron chi connectivity index (χ3n) is 5.93. The van der Waals surface area contributed by atoms with E-state index in [0.29, 0.717) is 22.7 Å². The van der Waals surface area contributed by atoms with E-state index in [1.807, 2.05) is 18.2 Å². The Labute approximate surface area is 157 Å². The fourth-order valence-electron chi connectivity index (χ4n) is 4.38. The monoisotopic (exact) mass is 368 g/mol. The summed E-state index contributed by atoms with van der Waals surface area (Å²) in [6.07, 6.45) is 3.19. The van der Waals surface area contributed by atoms with Crippen LogP contribution in [0.5, 0.6) is 0 Å². The number of rotatable bonds is 3. The van der Waals surface area contributed by atoms with E-state index in [0.717, 1.165) is 31.2 Å². The molecular formula is C21H21ClN2O2. The molecule has 1 heterocycles. The predicted molar refractivity (Wildman–Crippen MR) is 101 cm³/mol. The molecule has 1 fully saturated rings. The number of hydrogen-bond acceptors (Lipinski definition) is 3. The molecule has 4 rings (SSSR count). The van der Waals surface area contributed by atoms with Gasteiger partial charge in [-0.2, -0.15) is 0 Å². The van der Waals surface area contributed by atoms with E-state index in [-0.39, 0.29) is 23.3 Å². The van der Waals surface area contributed by atoms with E-state index >= 15 is 0 Å². The van der Waals surface area contributed by atoms with Crippen molar-refractivity contribution in [2.24, 2.45) is 5.73 Å². The van der Waals surface area contributed by atoms with Crippen LogP contribution in [0.3, 0.4) is 0 Å². The van der Waals surface area contributed by atoms with E-state index in [1.54, 1.807) is 24.3 Å². The van der Waals surface area contributed by atoms with Crippen LogP contribution in [0.25, 0.3) is 0 Å². The Hall–Kier alpha value is -2.17. The lowest BCUT2D eigenvalue weighted by molar-refractivity contribution is 0.0518. The Bertz CT molecular complexity index is 837. The van der Waals surface area contributed by atoms with Gasteiger partial charge in [-0.15, -0.1) is 0 Å². The molecule has 0 aromatic heterocycles. The van der Waals surface area contributed by atoms with E-state index in [9.17, 15) is 9.59 Å². The number of nitrogens with two attached hydrogens (primary N) is 1. The number of carbonyl (C=O) groups excluding carboxylic acids is 2. The molecule has 4 nitrogen and oxygen atoms in total. The molecule has 1 aliphatic carbocycles. The lowest BCUT2D eigenvalue weighted by Crippen LogP contribution is -2.47. The molecule has 0 spiro atoms. The molecule has 1 saturated carbocycles. The highest BCUT2D eigenvalue weighted by Crippen LogP contribution is 2.42. The van der Waals surface area contributed by atoms with Crippen LogP contribution >= 0.6 is 11.6 Å². The molecule has 26 heavy (non-hydrogen) atoms. The Morgan fingerprint density at radius 2 is 1.62 bits per heavy atom. The first-order valence-corrected chi connectivity index (χ1v) is 9.36. The zero-order valence-corrected chi connectivity index (χ0v) is 15.2. The molecule has 0 unspecified atom stereocenters. The quantitative estimate of drug-likeness (QED) is 0.838. The molecule has 0 bridgehead atoms. The van der Waals surface area contributed by atoms with E-state index < -0.39 is 0 Å². The van der Waals surface area contributed by atoms with Gasteiger partial charge in [0, 0.05) is 23.0 Å². The van der Waals surface area contributed by atoms with Gasteiger partial charge < -0.3 is 5.73 Å². The van der Waals surface area contributed by atoms with Gasteiger partial charge >= 0.3 is 0 Å². The first-order chi connectivity index (χ1) is 12.6. The minimum absolute atomic E-state index is 0.0683. The fraction of sp³-hybridized carbons (Fsp3) is 0.333. The third-order valence-corrected chi connectivity index (χ3v) is 6.17. The third kappa shape index (κ3) is 2.65. The van der Waals surface area contributed by atoms with E-state index in [2.05, 4.69) is 6.07 Å². The smallest absolute Gasteiger partial charge is 0.261 e. The number of fused-ring (bicyclic) bond motifs is 1. The van der Waals surface area contributed by atoms with Crippen LogP contribution in [-0.2, 0) is 5.41 Å². The van der Waals surface area contributed by atoms with Crippen LogP contribution in [0.4, 0.5) is 0 Å². The number of benzene rings is 2. The highest BCUT2D eigenvalue weighted by molar-refractivity contribution is 6.30. The normalized spacial score (nSPS) is 25.5. The second-order valence-corrected chi connectivity index (χ2v) is 7.69. The van der Waals surface area contributed by atoms with Crippen LogP contribution in [0.15, 0.2) is 48.5 Å². The van der Waals surface area contributed by atoms with Gasteiger partial charge in [0.1, 0.15) is 0 Å². The second kappa shape index (κ2) is 6.53. The molecule has 2 aromatic carbocycles. The van der Waals surface area contributed by atoms with Crippen LogP contribution in [-0.4, -0.2) is 29.3 Å². The maximum atomic E-state index is 12.7. The Morgan fingerprint density at radius 3 is 2.15 bits per heavy atom. The van der Waals surface area contributed by atoms with Gasteiger partial charge in [0.05, 0.1) is 11.1 Å². The molecule has 2 N–H and O–H groups in total. The van der Waals surface area contributed by atoms with Gasteiger partial charge in [-0.1, -0.05) is 35.9 Å². The predicted octanol–water partition coefficient (Wildman–Crippen LogP) is 3.78. The first-order valence-electron chi connectivity index (χ1n) is 8.99. The summed E-state index contributed by atoms with van der Waals surface area (Å²) in [5, 5.41) is 0.706. The van der Waals surface area contributed by atoms with E-state index in [1.165, 1.54) is 4.90 Å². The van der Waals surface area contributed by atoms with Crippen molar-refractivity contribution in [3.8, 4) is 0 Å². The molecule has 0 radical (unpaired) electrons. The van der Waals surface area contributed by atoms with Crippen LogP contribution in [0, 0.1) is 0 Å². The summed E-state index contributed by atoms with van der Waals surface area (Å²) < 4.78 is 0. The number of nitrogens with zero attached hydrogens (tertiary/aromatic N) is 1. The minimum atomic E-state index is -0.168. The Balaban J connectivity index is 1.55. The fourth-order valence-corrected chi connectivity index (χ4v) is 4.57. The summed E-state index contributed by atoms with van der Waals surface area (Å²) >= 11 is 6.17. The van der Waals surface area contributed by atoms with Crippen molar-refractivity contribution < 1.29 is 9.59 Å². The molecular weight excluding hydrogens is 348 g/mol. The van der Waals surface area contributed by atoms with Crippen LogP contribution < -0.4 is 5.73 Å². The van der Waals surface area contributed by atoms with E-state index in [4.69, 9.17) is 17.3 Å². The topological polar surface area (TPSA) is 63.4 Å². The Morgan fingerprint density at radius 1 is 1.00 bits per heavy atom. The zero-order chi connectivity index (χ0) is 18.3. The van der Waals surface area contributed by atoms with Crippen molar-refractivity contribution in [2.75, 3.05) is 6.54 Å². The SMILES string of the molecule is NC[C@]1(c2cccc(Cl)c2)CC[C@@H](N2C(=O)c3ccccc3C2=O)CC1. The molecule has 5 heteroatoms. The van der Waals surface area contributed by atoms with Crippen molar-refractivity contribution in [1.29, 1.82) is 0 Å². The molecule has 2 aromatic rings. The van der Waals surface area contributed by atoms with Crippen molar-refractivity contribution in [3.05, 3.63) is 70.2 Å². The van der Waals surface area contributed by atoms with Crippen molar-refractivity contribution in [1.82, 2.24) is 4.90 Å². The molecule has 0 saturated heterocycles. The lowest BCUT2D eigenvalue weighted by Gasteiger charge is -2.42. The largest absolute Gasteiger partial charge is 0.330 e. The average Bonchev–Trinajstić information content (AvgIpc) is 2.93. The summed E-state index contributed by atoms with van der Waals surface area (Å²) in [6, 6.07) is 14.9. The van der Waals surface area contributed by atoms with Crippen molar-refractivity contribution in [2.45, 2.75) is 37.1 Å². The lowest BCUT2D eigenvalue weighted by atomic mass is 9.68. The number of carbonyl (C=O) groups is 2. The maximum Gasteiger partial charge on any atom is 0.261 e.